The molecule has 2 aromatic rings. The standard InChI is InChI=1S/C21H25N3O3S/c1-15(16-6-8-19(9-7-16)24-10-12-27-13-11-24)22-21(28)23-18-5-3-4-17(14-18)20(25)26-2/h3-9,14-15H,10-13H2,1-2H3,(H2,22,23,28)/t15-/m0/s1. The number of anilines is 2. The van der Waals surface area contributed by atoms with Crippen LogP contribution in [0.2, 0.25) is 0 Å². The van der Waals surface area contributed by atoms with E-state index in [4.69, 9.17) is 21.7 Å². The van der Waals surface area contributed by atoms with Crippen molar-refractivity contribution in [1.29, 1.82) is 0 Å². The number of hydrogen-bond acceptors (Lipinski definition) is 5. The van der Waals surface area contributed by atoms with Crippen molar-refractivity contribution in [2.75, 3.05) is 43.6 Å². The van der Waals surface area contributed by atoms with Gasteiger partial charge in [0.2, 0.25) is 0 Å². The van der Waals surface area contributed by atoms with Crippen molar-refractivity contribution in [2.24, 2.45) is 0 Å². The van der Waals surface area contributed by atoms with Gasteiger partial charge in [-0.2, -0.15) is 0 Å². The Morgan fingerprint density at radius 3 is 2.57 bits per heavy atom. The third-order valence-corrected chi connectivity index (χ3v) is 4.88. The van der Waals surface area contributed by atoms with Crippen LogP contribution in [0.15, 0.2) is 48.5 Å². The number of thiocarbonyl (C=S) groups is 1. The van der Waals surface area contributed by atoms with Gasteiger partial charge in [0, 0.05) is 24.5 Å². The summed E-state index contributed by atoms with van der Waals surface area (Å²) in [5.41, 5.74) is 3.56. The molecule has 28 heavy (non-hydrogen) atoms. The molecule has 1 aliphatic rings. The highest BCUT2D eigenvalue weighted by Crippen LogP contribution is 2.20. The zero-order valence-corrected chi connectivity index (χ0v) is 16.9. The van der Waals surface area contributed by atoms with E-state index in [0.717, 1.165) is 37.6 Å². The van der Waals surface area contributed by atoms with E-state index in [0.29, 0.717) is 10.7 Å². The molecule has 0 amide bonds. The Bertz CT molecular complexity index is 820. The Morgan fingerprint density at radius 2 is 1.89 bits per heavy atom. The Morgan fingerprint density at radius 1 is 1.18 bits per heavy atom. The van der Waals surface area contributed by atoms with Crippen molar-refractivity contribution in [3.8, 4) is 0 Å². The van der Waals surface area contributed by atoms with E-state index in [2.05, 4.69) is 46.7 Å². The molecule has 0 unspecified atom stereocenters. The molecule has 1 heterocycles. The van der Waals surface area contributed by atoms with Gasteiger partial charge in [0.25, 0.3) is 0 Å². The van der Waals surface area contributed by atoms with E-state index in [1.54, 1.807) is 18.2 Å². The third kappa shape index (κ3) is 5.21. The highest BCUT2D eigenvalue weighted by atomic mass is 32.1. The van der Waals surface area contributed by atoms with Crippen molar-refractivity contribution in [1.82, 2.24) is 5.32 Å². The number of carbonyl (C=O) groups excluding carboxylic acids is 1. The maximum atomic E-state index is 11.6. The second-order valence-corrected chi connectivity index (χ2v) is 6.99. The summed E-state index contributed by atoms with van der Waals surface area (Å²) < 4.78 is 10.2. The molecule has 7 heteroatoms. The maximum absolute atomic E-state index is 11.6. The summed E-state index contributed by atoms with van der Waals surface area (Å²) in [4.78, 5) is 14.0. The van der Waals surface area contributed by atoms with Crippen LogP contribution in [0.4, 0.5) is 11.4 Å². The van der Waals surface area contributed by atoms with E-state index in [1.165, 1.54) is 12.8 Å². The molecule has 1 fully saturated rings. The molecule has 1 atom stereocenters. The average molecular weight is 400 g/mol. The number of morpholine rings is 1. The number of nitrogens with zero attached hydrogens (tertiary/aromatic N) is 1. The van der Waals surface area contributed by atoms with E-state index >= 15 is 0 Å². The van der Waals surface area contributed by atoms with Gasteiger partial charge in [-0.15, -0.1) is 0 Å². The second-order valence-electron chi connectivity index (χ2n) is 6.58. The number of hydrogen-bond donors (Lipinski definition) is 2. The van der Waals surface area contributed by atoms with Gasteiger partial charge < -0.3 is 25.0 Å². The molecule has 0 radical (unpaired) electrons. The maximum Gasteiger partial charge on any atom is 0.337 e. The number of esters is 1. The van der Waals surface area contributed by atoms with Crippen molar-refractivity contribution < 1.29 is 14.3 Å². The van der Waals surface area contributed by atoms with E-state index in [-0.39, 0.29) is 12.0 Å². The normalized spacial score (nSPS) is 14.9. The van der Waals surface area contributed by atoms with Crippen molar-refractivity contribution in [3.63, 3.8) is 0 Å². The SMILES string of the molecule is COC(=O)c1cccc(NC(=S)N[C@@H](C)c2ccc(N3CCOCC3)cc2)c1. The third-order valence-electron chi connectivity index (χ3n) is 4.66. The first-order valence-electron chi connectivity index (χ1n) is 9.25. The van der Waals surface area contributed by atoms with Crippen LogP contribution < -0.4 is 15.5 Å². The minimum atomic E-state index is -0.378. The predicted octanol–water partition coefficient (Wildman–Crippen LogP) is 3.36. The number of benzene rings is 2. The van der Waals surface area contributed by atoms with Gasteiger partial charge in [0.05, 0.1) is 31.9 Å². The summed E-state index contributed by atoms with van der Waals surface area (Å²) in [7, 11) is 1.36. The number of carbonyl (C=O) groups is 1. The summed E-state index contributed by atoms with van der Waals surface area (Å²) in [6.07, 6.45) is 0. The second kappa shape index (κ2) is 9.52. The molecule has 148 valence electrons. The zero-order chi connectivity index (χ0) is 19.9. The van der Waals surface area contributed by atoms with Crippen LogP contribution in [-0.4, -0.2) is 44.5 Å². The predicted molar refractivity (Wildman–Crippen MR) is 115 cm³/mol. The van der Waals surface area contributed by atoms with Crippen LogP contribution >= 0.6 is 12.2 Å². The average Bonchev–Trinajstić information content (AvgIpc) is 2.74. The lowest BCUT2D eigenvalue weighted by Crippen LogP contribution is -2.36. The highest BCUT2D eigenvalue weighted by Gasteiger charge is 2.13. The van der Waals surface area contributed by atoms with Gasteiger partial charge in [-0.3, -0.25) is 0 Å². The fourth-order valence-electron chi connectivity index (χ4n) is 3.08. The van der Waals surface area contributed by atoms with Gasteiger partial charge in [-0.1, -0.05) is 18.2 Å². The minimum absolute atomic E-state index is 0.0440. The molecule has 6 nitrogen and oxygen atoms in total. The fourth-order valence-corrected chi connectivity index (χ4v) is 3.38. The number of methoxy groups -OCH3 is 1. The van der Waals surface area contributed by atoms with Gasteiger partial charge in [-0.25, -0.2) is 4.79 Å². The Hall–Kier alpha value is -2.64. The van der Waals surface area contributed by atoms with Crippen molar-refractivity contribution in [3.05, 3.63) is 59.7 Å². The Balaban J connectivity index is 1.57. The molecule has 0 saturated carbocycles. The van der Waals surface area contributed by atoms with Crippen LogP contribution in [-0.2, 0) is 9.47 Å². The number of nitrogens with one attached hydrogen (secondary N) is 2. The van der Waals surface area contributed by atoms with Crippen molar-refractivity contribution >= 4 is 34.7 Å². The van der Waals surface area contributed by atoms with E-state index in [9.17, 15) is 4.79 Å². The lowest BCUT2D eigenvalue weighted by Gasteiger charge is -2.29. The van der Waals surface area contributed by atoms with Crippen LogP contribution in [0.3, 0.4) is 0 Å². The first kappa shape index (κ1) is 20.1. The number of ether oxygens (including phenoxy) is 2. The number of rotatable bonds is 5. The van der Waals surface area contributed by atoms with Crippen LogP contribution in [0.5, 0.6) is 0 Å². The summed E-state index contributed by atoms with van der Waals surface area (Å²) >= 11 is 5.42. The molecular formula is C21H25N3O3S. The summed E-state index contributed by atoms with van der Waals surface area (Å²) in [6.45, 7) is 5.45. The zero-order valence-electron chi connectivity index (χ0n) is 16.1. The lowest BCUT2D eigenvalue weighted by molar-refractivity contribution is 0.0601. The summed E-state index contributed by atoms with van der Waals surface area (Å²) in [5, 5.41) is 6.88. The molecule has 3 rings (SSSR count). The molecule has 0 spiro atoms. The Labute approximate surface area is 170 Å². The molecule has 0 aromatic heterocycles. The molecule has 1 aliphatic heterocycles. The molecule has 1 saturated heterocycles. The summed E-state index contributed by atoms with van der Waals surface area (Å²) in [6, 6.07) is 15.6. The monoisotopic (exact) mass is 399 g/mol. The van der Waals surface area contributed by atoms with Crippen molar-refractivity contribution in [2.45, 2.75) is 13.0 Å². The Kier molecular flexibility index (Phi) is 6.84. The first-order chi connectivity index (χ1) is 13.6. The molecule has 2 aromatic carbocycles. The molecule has 0 bridgehead atoms. The molecule has 0 aliphatic carbocycles. The van der Waals surface area contributed by atoms with Gasteiger partial charge in [0.15, 0.2) is 5.11 Å². The van der Waals surface area contributed by atoms with E-state index < -0.39 is 0 Å². The first-order valence-corrected chi connectivity index (χ1v) is 9.66. The highest BCUT2D eigenvalue weighted by molar-refractivity contribution is 7.80. The largest absolute Gasteiger partial charge is 0.465 e. The van der Waals surface area contributed by atoms with Gasteiger partial charge in [0.1, 0.15) is 0 Å². The van der Waals surface area contributed by atoms with Crippen LogP contribution in [0.25, 0.3) is 0 Å². The van der Waals surface area contributed by atoms with Crippen LogP contribution in [0.1, 0.15) is 28.9 Å². The topological polar surface area (TPSA) is 62.8 Å². The van der Waals surface area contributed by atoms with E-state index in [1.807, 2.05) is 6.07 Å². The van der Waals surface area contributed by atoms with Gasteiger partial charge in [-0.05, 0) is 55.0 Å². The fraction of sp³-hybridized carbons (Fsp3) is 0.333. The molecular weight excluding hydrogens is 374 g/mol. The minimum Gasteiger partial charge on any atom is -0.465 e. The smallest absolute Gasteiger partial charge is 0.337 e. The quantitative estimate of drug-likeness (QED) is 0.590. The van der Waals surface area contributed by atoms with Crippen LogP contribution in [0, 0.1) is 0 Å². The lowest BCUT2D eigenvalue weighted by atomic mass is 10.1. The molecule has 2 N–H and O–H groups in total. The summed E-state index contributed by atoms with van der Waals surface area (Å²) in [5.74, 6) is -0.378. The van der Waals surface area contributed by atoms with Gasteiger partial charge >= 0.3 is 5.97 Å².